The zero-order valence-corrected chi connectivity index (χ0v) is 30.9. The molecule has 4 aromatic carbocycles. The molecule has 0 aliphatic carbocycles. The summed E-state index contributed by atoms with van der Waals surface area (Å²) >= 11 is 0. The van der Waals surface area contributed by atoms with Crippen molar-refractivity contribution in [1.29, 1.82) is 0 Å². The standard InChI is InChI=1S/C42H45F2N3O6/c1-48-37-20-30(21-38(49-2)41(37)52-5)29-9-7-8-27(18-29)25-46-16-13-32(14-17-46)47(33-10-11-34(43)35(44)24-33)26-28-12-15-45-36(19-28)31-22-39(50-3)42(53-6)40(23-31)51-4/h7-12,15,18-24,32H,13-14,16-17,25-26H2,1-6H3. The Kier molecular flexibility index (Phi) is 11.8. The third kappa shape index (κ3) is 8.25. The summed E-state index contributed by atoms with van der Waals surface area (Å²) in [4.78, 5) is 9.24. The van der Waals surface area contributed by atoms with E-state index in [1.807, 2.05) is 36.4 Å². The van der Waals surface area contributed by atoms with Crippen molar-refractivity contribution in [1.82, 2.24) is 9.88 Å². The van der Waals surface area contributed by atoms with Gasteiger partial charge in [-0.2, -0.15) is 0 Å². The van der Waals surface area contributed by atoms with Gasteiger partial charge >= 0.3 is 0 Å². The molecule has 0 N–H and O–H groups in total. The second kappa shape index (κ2) is 16.9. The second-order valence-corrected chi connectivity index (χ2v) is 12.8. The maximum Gasteiger partial charge on any atom is 0.203 e. The molecule has 5 aromatic rings. The van der Waals surface area contributed by atoms with Gasteiger partial charge in [-0.05, 0) is 89.7 Å². The van der Waals surface area contributed by atoms with Gasteiger partial charge in [0.1, 0.15) is 0 Å². The van der Waals surface area contributed by atoms with Crippen molar-refractivity contribution < 1.29 is 37.2 Å². The fourth-order valence-corrected chi connectivity index (χ4v) is 7.00. The molecule has 0 saturated carbocycles. The van der Waals surface area contributed by atoms with Crippen LogP contribution in [0.25, 0.3) is 22.4 Å². The van der Waals surface area contributed by atoms with Gasteiger partial charge in [0, 0.05) is 55.7 Å². The molecule has 53 heavy (non-hydrogen) atoms. The Bertz CT molecular complexity index is 1980. The number of ether oxygens (including phenoxy) is 6. The fraction of sp³-hybridized carbons (Fsp3) is 0.310. The smallest absolute Gasteiger partial charge is 0.203 e. The van der Waals surface area contributed by atoms with Crippen LogP contribution in [0.1, 0.15) is 24.0 Å². The molecule has 2 heterocycles. The molecule has 6 rings (SSSR count). The summed E-state index contributed by atoms with van der Waals surface area (Å²) in [6.07, 6.45) is 3.44. The van der Waals surface area contributed by atoms with Crippen molar-refractivity contribution in [2.75, 3.05) is 60.6 Å². The zero-order valence-electron chi connectivity index (χ0n) is 30.9. The molecule has 1 fully saturated rings. The molecule has 1 aliphatic rings. The highest BCUT2D eigenvalue weighted by Crippen LogP contribution is 2.42. The van der Waals surface area contributed by atoms with Gasteiger partial charge in [-0.25, -0.2) is 8.78 Å². The number of benzene rings is 4. The Morgan fingerprint density at radius 2 is 1.23 bits per heavy atom. The molecule has 0 atom stereocenters. The molecule has 1 aromatic heterocycles. The number of likely N-dealkylation sites (tertiary alicyclic amines) is 1. The summed E-state index contributed by atoms with van der Waals surface area (Å²) in [6.45, 7) is 2.93. The molecule has 0 bridgehead atoms. The van der Waals surface area contributed by atoms with Crippen molar-refractivity contribution in [3.8, 4) is 56.9 Å². The number of aromatic nitrogens is 1. The van der Waals surface area contributed by atoms with Gasteiger partial charge in [0.05, 0.1) is 48.4 Å². The molecule has 11 heteroatoms. The summed E-state index contributed by atoms with van der Waals surface area (Å²) in [5, 5.41) is 0. The highest BCUT2D eigenvalue weighted by Gasteiger charge is 2.27. The molecular formula is C42H45F2N3O6. The van der Waals surface area contributed by atoms with Gasteiger partial charge in [0.25, 0.3) is 0 Å². The lowest BCUT2D eigenvalue weighted by molar-refractivity contribution is 0.201. The van der Waals surface area contributed by atoms with Crippen LogP contribution in [0.4, 0.5) is 14.5 Å². The molecular weight excluding hydrogens is 680 g/mol. The van der Waals surface area contributed by atoms with Gasteiger partial charge in [-0.3, -0.25) is 9.88 Å². The first kappa shape index (κ1) is 37.2. The molecule has 0 spiro atoms. The van der Waals surface area contributed by atoms with E-state index in [0.29, 0.717) is 46.7 Å². The number of pyridine rings is 1. The molecule has 1 saturated heterocycles. The van der Waals surface area contributed by atoms with Crippen LogP contribution in [-0.4, -0.2) is 71.7 Å². The molecule has 0 amide bonds. The van der Waals surface area contributed by atoms with Crippen molar-refractivity contribution in [2.24, 2.45) is 0 Å². The van der Waals surface area contributed by atoms with E-state index in [4.69, 9.17) is 28.4 Å². The largest absolute Gasteiger partial charge is 0.493 e. The Balaban J connectivity index is 1.20. The molecule has 9 nitrogen and oxygen atoms in total. The average molecular weight is 726 g/mol. The monoisotopic (exact) mass is 725 g/mol. The Morgan fingerprint density at radius 1 is 0.623 bits per heavy atom. The van der Waals surface area contributed by atoms with Crippen LogP contribution in [0.5, 0.6) is 34.5 Å². The number of methoxy groups -OCH3 is 6. The van der Waals surface area contributed by atoms with Crippen molar-refractivity contribution in [3.63, 3.8) is 0 Å². The van der Waals surface area contributed by atoms with E-state index < -0.39 is 11.6 Å². The van der Waals surface area contributed by atoms with Crippen LogP contribution in [0.15, 0.2) is 85.1 Å². The van der Waals surface area contributed by atoms with E-state index in [0.717, 1.165) is 60.4 Å². The number of rotatable bonds is 14. The van der Waals surface area contributed by atoms with E-state index >= 15 is 0 Å². The summed E-state index contributed by atoms with van der Waals surface area (Å²) in [5.41, 5.74) is 6.31. The Morgan fingerprint density at radius 3 is 1.79 bits per heavy atom. The predicted molar refractivity (Wildman–Crippen MR) is 202 cm³/mol. The number of hydrogen-bond donors (Lipinski definition) is 0. The number of piperidine rings is 1. The quantitative estimate of drug-likeness (QED) is 0.112. The summed E-state index contributed by atoms with van der Waals surface area (Å²) in [5.74, 6) is 1.56. The number of anilines is 1. The third-order valence-electron chi connectivity index (χ3n) is 9.70. The van der Waals surface area contributed by atoms with Crippen LogP contribution >= 0.6 is 0 Å². The minimum absolute atomic E-state index is 0.0967. The normalized spacial score (nSPS) is 13.4. The zero-order chi connectivity index (χ0) is 37.5. The van der Waals surface area contributed by atoms with Crippen LogP contribution in [0, 0.1) is 11.6 Å². The molecule has 1 aliphatic heterocycles. The molecule has 0 unspecified atom stereocenters. The van der Waals surface area contributed by atoms with E-state index in [1.54, 1.807) is 54.9 Å². The third-order valence-corrected chi connectivity index (χ3v) is 9.70. The lowest BCUT2D eigenvalue weighted by atomic mass is 9.99. The maximum atomic E-state index is 14.6. The Labute approximate surface area is 309 Å². The second-order valence-electron chi connectivity index (χ2n) is 12.8. The first-order chi connectivity index (χ1) is 25.8. The van der Waals surface area contributed by atoms with E-state index in [1.165, 1.54) is 17.7 Å². The average Bonchev–Trinajstić information content (AvgIpc) is 3.20. The maximum absolute atomic E-state index is 14.6. The van der Waals surface area contributed by atoms with E-state index in [-0.39, 0.29) is 6.04 Å². The Hall–Kier alpha value is -5.55. The van der Waals surface area contributed by atoms with Gasteiger partial charge in [0.15, 0.2) is 34.6 Å². The van der Waals surface area contributed by atoms with Gasteiger partial charge in [0.2, 0.25) is 11.5 Å². The van der Waals surface area contributed by atoms with E-state index in [9.17, 15) is 8.78 Å². The van der Waals surface area contributed by atoms with Crippen molar-refractivity contribution in [3.05, 3.63) is 108 Å². The summed E-state index contributed by atoms with van der Waals surface area (Å²) in [7, 11) is 9.53. The minimum atomic E-state index is -0.871. The van der Waals surface area contributed by atoms with Crippen LogP contribution in [0.3, 0.4) is 0 Å². The number of hydrogen-bond acceptors (Lipinski definition) is 9. The van der Waals surface area contributed by atoms with Crippen LogP contribution in [0.2, 0.25) is 0 Å². The fourth-order valence-electron chi connectivity index (χ4n) is 7.00. The van der Waals surface area contributed by atoms with Crippen molar-refractivity contribution >= 4 is 5.69 Å². The minimum Gasteiger partial charge on any atom is -0.493 e. The highest BCUT2D eigenvalue weighted by atomic mass is 19.2. The topological polar surface area (TPSA) is 74.8 Å². The number of halogens is 2. The summed E-state index contributed by atoms with van der Waals surface area (Å²) < 4.78 is 62.0. The van der Waals surface area contributed by atoms with Gasteiger partial charge in [-0.1, -0.05) is 18.2 Å². The molecule has 278 valence electrons. The highest BCUT2D eigenvalue weighted by molar-refractivity contribution is 5.72. The summed E-state index contributed by atoms with van der Waals surface area (Å²) in [6, 6.07) is 24.3. The lowest BCUT2D eigenvalue weighted by Gasteiger charge is -2.40. The van der Waals surface area contributed by atoms with Gasteiger partial charge < -0.3 is 33.3 Å². The van der Waals surface area contributed by atoms with Crippen LogP contribution in [-0.2, 0) is 13.1 Å². The number of nitrogens with zero attached hydrogens (tertiary/aromatic N) is 3. The lowest BCUT2D eigenvalue weighted by Crippen LogP contribution is -2.44. The first-order valence-corrected chi connectivity index (χ1v) is 17.4. The van der Waals surface area contributed by atoms with Gasteiger partial charge in [-0.15, -0.1) is 0 Å². The SMILES string of the molecule is COc1cc(-c2cccc(CN3CCC(N(Cc4ccnc(-c5cc(OC)c(OC)c(OC)c5)c4)c4ccc(F)c(F)c4)CC3)c2)cc(OC)c1OC. The van der Waals surface area contributed by atoms with E-state index in [2.05, 4.69) is 39.0 Å². The van der Waals surface area contributed by atoms with Crippen LogP contribution < -0.4 is 33.3 Å². The molecule has 0 radical (unpaired) electrons. The first-order valence-electron chi connectivity index (χ1n) is 17.4. The van der Waals surface area contributed by atoms with Crippen molar-refractivity contribution in [2.45, 2.75) is 32.0 Å². The predicted octanol–water partition coefficient (Wildman–Crippen LogP) is 8.42.